The Morgan fingerprint density at radius 1 is 1.23 bits per heavy atom. The molecule has 2 aromatic heterocycles. The summed E-state index contributed by atoms with van der Waals surface area (Å²) in [6.07, 6.45) is 0.113. The first-order valence-corrected chi connectivity index (χ1v) is 15.2. The van der Waals surface area contributed by atoms with Gasteiger partial charge in [-0.2, -0.15) is 9.97 Å². The number of aliphatic hydroxyl groups excluding tert-OH is 2. The molecule has 3 heterocycles. The Hall–Kier alpha value is -1.74. The first-order chi connectivity index (χ1) is 18.3. The molecule has 0 spiro atoms. The number of nitrogens with one attached hydrogen (secondary N) is 1. The van der Waals surface area contributed by atoms with Crippen molar-refractivity contribution in [3.63, 3.8) is 0 Å². The van der Waals surface area contributed by atoms with Gasteiger partial charge in [0.2, 0.25) is 11.2 Å². The summed E-state index contributed by atoms with van der Waals surface area (Å²) in [5.74, 6) is 0.240. The number of aromatic nitrogens is 4. The number of carbonyl (C=O) groups is 1. The molecule has 5 unspecified atom stereocenters. The molecule has 4 bridgehead atoms. The van der Waals surface area contributed by atoms with Gasteiger partial charge in [-0.1, -0.05) is 0 Å². The van der Waals surface area contributed by atoms with Gasteiger partial charge in [0.15, 0.2) is 23.2 Å². The number of aliphatic hydroxyl groups is 3. The maximum Gasteiger partial charge on any atom is 0.325 e. The number of amides is 1. The molecule has 9 atom stereocenters. The molecule has 8 N–H and O–H groups in total. The van der Waals surface area contributed by atoms with E-state index >= 15 is 0 Å². The standard InChI is InChI=1S/C23H32ClN6O8P/c24-21-28-17(27-19(33)16(25)22-4-10-3-11(5-22)7-23(34,6-10)8-22)13-18(29-21)30(9-26-13)20-15(32)14(31)12(38-20)1-2-39(35,36)37/h9-12,14-16,20,31-32,34H,1-8,25H2,(H2,35,36,37)(H,27,28,29,33)/t10-,11?,12-,14?,15+,16?,20-,22?,23?/m1/s1. The number of fused-ring (bicyclic) bond motifs is 1. The number of hydrogen-bond donors (Lipinski definition) is 7. The third kappa shape index (κ3) is 4.89. The minimum absolute atomic E-state index is 0.0127. The van der Waals surface area contributed by atoms with Crippen molar-refractivity contribution >= 4 is 42.1 Å². The number of nitrogens with zero attached hydrogens (tertiary/aromatic N) is 4. The monoisotopic (exact) mass is 586 g/mol. The summed E-state index contributed by atoms with van der Waals surface area (Å²) in [4.78, 5) is 44.3. The van der Waals surface area contributed by atoms with Crippen LogP contribution in [0.3, 0.4) is 0 Å². The van der Waals surface area contributed by atoms with Crippen molar-refractivity contribution in [2.75, 3.05) is 11.5 Å². The molecule has 39 heavy (non-hydrogen) atoms. The Bertz CT molecular complexity index is 1340. The molecule has 2 aromatic rings. The van der Waals surface area contributed by atoms with E-state index in [1.165, 1.54) is 10.9 Å². The van der Waals surface area contributed by atoms with Crippen LogP contribution in [0.5, 0.6) is 0 Å². The fourth-order valence-corrected chi connectivity index (χ4v) is 8.53. The Labute approximate surface area is 228 Å². The van der Waals surface area contributed by atoms with Crippen LogP contribution in [-0.4, -0.2) is 86.6 Å². The van der Waals surface area contributed by atoms with Crippen molar-refractivity contribution in [1.82, 2.24) is 19.5 Å². The lowest BCUT2D eigenvalue weighted by molar-refractivity contribution is -0.172. The highest BCUT2D eigenvalue weighted by Crippen LogP contribution is 2.62. The summed E-state index contributed by atoms with van der Waals surface area (Å²) in [7, 11) is -4.34. The molecule has 1 aliphatic heterocycles. The predicted octanol–water partition coefficient (Wildman–Crippen LogP) is 0.264. The van der Waals surface area contributed by atoms with Crippen molar-refractivity contribution in [3.05, 3.63) is 11.6 Å². The molecule has 214 valence electrons. The lowest BCUT2D eigenvalue weighted by atomic mass is 9.46. The second kappa shape index (κ2) is 9.40. The van der Waals surface area contributed by atoms with E-state index < -0.39 is 61.3 Å². The van der Waals surface area contributed by atoms with E-state index in [1.807, 2.05) is 0 Å². The van der Waals surface area contributed by atoms with Crippen LogP contribution >= 0.6 is 19.2 Å². The molecule has 5 aliphatic rings. The second-order valence-corrected chi connectivity index (χ2v) is 14.0. The molecule has 5 fully saturated rings. The van der Waals surface area contributed by atoms with E-state index in [0.29, 0.717) is 18.3 Å². The van der Waals surface area contributed by atoms with Crippen LogP contribution in [0.1, 0.15) is 51.2 Å². The van der Waals surface area contributed by atoms with Crippen LogP contribution in [0.4, 0.5) is 5.82 Å². The largest absolute Gasteiger partial charge is 0.390 e. The van der Waals surface area contributed by atoms with E-state index in [1.54, 1.807) is 0 Å². The zero-order chi connectivity index (χ0) is 27.9. The Balaban J connectivity index is 1.24. The Kier molecular flexibility index (Phi) is 6.61. The smallest absolute Gasteiger partial charge is 0.325 e. The number of rotatable bonds is 7. The summed E-state index contributed by atoms with van der Waals surface area (Å²) in [5, 5.41) is 34.6. The van der Waals surface area contributed by atoms with Crippen LogP contribution in [0.2, 0.25) is 5.28 Å². The van der Waals surface area contributed by atoms with Gasteiger partial charge in [-0.05, 0) is 73.8 Å². The molecular weight excluding hydrogens is 555 g/mol. The highest BCUT2D eigenvalue weighted by Gasteiger charge is 2.60. The highest BCUT2D eigenvalue weighted by atomic mass is 35.5. The average Bonchev–Trinajstić information content (AvgIpc) is 3.36. The van der Waals surface area contributed by atoms with Crippen molar-refractivity contribution in [2.45, 2.75) is 81.1 Å². The van der Waals surface area contributed by atoms with Gasteiger partial charge in [0.1, 0.15) is 12.2 Å². The zero-order valence-electron chi connectivity index (χ0n) is 20.9. The van der Waals surface area contributed by atoms with Crippen molar-refractivity contribution < 1.29 is 39.2 Å². The molecule has 1 saturated heterocycles. The van der Waals surface area contributed by atoms with E-state index in [2.05, 4.69) is 20.3 Å². The van der Waals surface area contributed by atoms with E-state index in [4.69, 9.17) is 31.9 Å². The van der Waals surface area contributed by atoms with Gasteiger partial charge in [-0.15, -0.1) is 0 Å². The van der Waals surface area contributed by atoms with E-state index in [-0.39, 0.29) is 28.7 Å². The number of ether oxygens (including phenoxy) is 1. The SMILES string of the molecule is NC(C(=O)Nc1nc(Cl)nc2c1ncn2[C@@H]1O[C@H](CCP(=O)(O)O)C(O)[C@@H]1O)C12CC3C[C@@H](CC(O)(C3)C1)C2. The van der Waals surface area contributed by atoms with Gasteiger partial charge in [-0.3, -0.25) is 13.9 Å². The topological polar surface area (TPSA) is 226 Å². The minimum Gasteiger partial charge on any atom is -0.390 e. The van der Waals surface area contributed by atoms with Crippen LogP contribution in [0, 0.1) is 17.3 Å². The number of imidazole rings is 1. The third-order valence-electron chi connectivity index (χ3n) is 8.97. The van der Waals surface area contributed by atoms with Crippen molar-refractivity contribution in [1.29, 1.82) is 0 Å². The minimum atomic E-state index is -4.34. The number of nitrogens with two attached hydrogens (primary N) is 1. The fourth-order valence-electron chi connectivity index (χ4n) is 7.78. The van der Waals surface area contributed by atoms with E-state index in [9.17, 15) is 24.7 Å². The lowest BCUT2D eigenvalue weighted by Crippen LogP contribution is -2.63. The van der Waals surface area contributed by atoms with Crippen molar-refractivity contribution in [3.8, 4) is 0 Å². The number of anilines is 1. The molecule has 4 saturated carbocycles. The summed E-state index contributed by atoms with van der Waals surface area (Å²) in [6, 6.07) is -0.884. The van der Waals surface area contributed by atoms with Gasteiger partial charge in [0.05, 0.1) is 30.2 Å². The Morgan fingerprint density at radius 3 is 2.56 bits per heavy atom. The Morgan fingerprint density at radius 2 is 1.92 bits per heavy atom. The number of carbonyl (C=O) groups excluding carboxylic acids is 1. The lowest BCUT2D eigenvalue weighted by Gasteiger charge is -2.61. The summed E-state index contributed by atoms with van der Waals surface area (Å²) in [6.45, 7) is 0. The molecular formula is C23H32ClN6O8P. The summed E-state index contributed by atoms with van der Waals surface area (Å²) in [5.41, 5.74) is 5.53. The van der Waals surface area contributed by atoms with Crippen molar-refractivity contribution in [2.24, 2.45) is 23.0 Å². The molecule has 7 rings (SSSR count). The maximum atomic E-state index is 13.4. The van der Waals surface area contributed by atoms with Crippen LogP contribution in [-0.2, 0) is 14.1 Å². The molecule has 1 amide bonds. The van der Waals surface area contributed by atoms with E-state index in [0.717, 1.165) is 32.1 Å². The zero-order valence-corrected chi connectivity index (χ0v) is 22.6. The number of hydrogen-bond acceptors (Lipinski definition) is 10. The normalized spacial score (nSPS) is 38.4. The van der Waals surface area contributed by atoms with Crippen LogP contribution in [0.15, 0.2) is 6.33 Å². The first-order valence-electron chi connectivity index (χ1n) is 13.0. The van der Waals surface area contributed by atoms with Gasteiger partial charge in [0, 0.05) is 0 Å². The average molecular weight is 587 g/mol. The third-order valence-corrected chi connectivity index (χ3v) is 9.98. The molecule has 4 aliphatic carbocycles. The predicted molar refractivity (Wildman–Crippen MR) is 136 cm³/mol. The first kappa shape index (κ1) is 27.4. The van der Waals surface area contributed by atoms with Crippen LogP contribution < -0.4 is 11.1 Å². The molecule has 0 radical (unpaired) electrons. The number of halogens is 1. The maximum absolute atomic E-state index is 13.4. The molecule has 0 aromatic carbocycles. The summed E-state index contributed by atoms with van der Waals surface area (Å²) >= 11 is 6.17. The highest BCUT2D eigenvalue weighted by molar-refractivity contribution is 7.51. The van der Waals surface area contributed by atoms with Crippen LogP contribution in [0.25, 0.3) is 11.2 Å². The van der Waals surface area contributed by atoms with Gasteiger partial charge in [-0.25, -0.2) is 4.98 Å². The van der Waals surface area contributed by atoms with Gasteiger partial charge < -0.3 is 40.9 Å². The summed E-state index contributed by atoms with van der Waals surface area (Å²) < 4.78 is 18.3. The molecule has 14 nitrogen and oxygen atoms in total. The second-order valence-electron chi connectivity index (χ2n) is 11.9. The molecule has 16 heteroatoms. The van der Waals surface area contributed by atoms with Gasteiger partial charge in [0.25, 0.3) is 0 Å². The quantitative estimate of drug-likeness (QED) is 0.171. The fraction of sp³-hybridized carbons (Fsp3) is 0.739. The van der Waals surface area contributed by atoms with Gasteiger partial charge >= 0.3 is 7.60 Å².